The summed E-state index contributed by atoms with van der Waals surface area (Å²) in [4.78, 5) is 56.0. The predicted molar refractivity (Wildman–Crippen MR) is 163 cm³/mol. The number of nitrogens with two attached hydrogens (primary N) is 1. The van der Waals surface area contributed by atoms with Gasteiger partial charge in [0.2, 0.25) is 11.8 Å². The van der Waals surface area contributed by atoms with E-state index in [1.54, 1.807) is 13.8 Å². The van der Waals surface area contributed by atoms with Gasteiger partial charge in [-0.1, -0.05) is 56.3 Å². The Morgan fingerprint density at radius 3 is 2.18 bits per heavy atom. The number of carboxylic acids is 1. The van der Waals surface area contributed by atoms with Gasteiger partial charge in [0.1, 0.15) is 23.9 Å². The Hall–Kier alpha value is -4.85. The Morgan fingerprint density at radius 1 is 0.932 bits per heavy atom. The van der Waals surface area contributed by atoms with Crippen molar-refractivity contribution in [2.75, 3.05) is 13.2 Å². The van der Waals surface area contributed by atoms with Crippen molar-refractivity contribution >= 4 is 29.8 Å². The number of aromatic hydroxyl groups is 1. The summed E-state index contributed by atoms with van der Waals surface area (Å²) < 4.78 is 0. The third-order valence-corrected chi connectivity index (χ3v) is 7.15. The molecule has 1 aliphatic rings. The Morgan fingerprint density at radius 2 is 1.59 bits per heavy atom. The zero-order valence-corrected chi connectivity index (χ0v) is 24.7. The first kappa shape index (κ1) is 33.6. The number of phenols is 1. The molecule has 0 saturated carbocycles. The number of carboxylic acid groups (broad SMARTS) is 1. The van der Waals surface area contributed by atoms with E-state index in [0.29, 0.717) is 18.4 Å². The number of hydrogen-bond acceptors (Lipinski definition) is 9. The van der Waals surface area contributed by atoms with E-state index in [1.165, 1.54) is 24.3 Å². The number of amides is 4. The number of nitrogens with one attached hydrogen (secondary N) is 5. The summed E-state index contributed by atoms with van der Waals surface area (Å²) in [6.45, 7) is 3.45. The number of phenolic OH excluding ortho intramolecular Hbond substituents is 1. The molecule has 0 spiro atoms. The molecule has 1 aliphatic heterocycles. The quantitative estimate of drug-likeness (QED) is 0.135. The highest BCUT2D eigenvalue weighted by Gasteiger charge is 2.36. The summed E-state index contributed by atoms with van der Waals surface area (Å²) in [5, 5.41) is 42.4. The molecule has 0 aliphatic carbocycles. The number of aliphatic hydroxyl groups excluding tert-OH is 1. The molecule has 10 N–H and O–H groups in total. The lowest BCUT2D eigenvalue weighted by Gasteiger charge is -2.32. The molecule has 3 rings (SSSR count). The van der Waals surface area contributed by atoms with E-state index in [0.717, 1.165) is 5.56 Å². The molecule has 0 bridgehead atoms. The Balaban J connectivity index is 1.73. The first-order valence-corrected chi connectivity index (χ1v) is 14.4. The lowest BCUT2D eigenvalue weighted by molar-refractivity contribution is -0.139. The number of aliphatic imine (C=N–C) groups is 1. The maximum atomic E-state index is 13.6. The Labute approximate surface area is 255 Å². The maximum absolute atomic E-state index is 13.6. The number of rotatable bonds is 14. The highest BCUT2D eigenvalue weighted by molar-refractivity contribution is 5.94. The number of benzene rings is 2. The van der Waals surface area contributed by atoms with Crippen LogP contribution in [0.25, 0.3) is 0 Å². The molecule has 4 amide bonds. The van der Waals surface area contributed by atoms with Gasteiger partial charge in [-0.3, -0.25) is 14.6 Å². The zero-order chi connectivity index (χ0) is 32.2. The molecule has 0 unspecified atom stereocenters. The fourth-order valence-electron chi connectivity index (χ4n) is 4.77. The van der Waals surface area contributed by atoms with Crippen LogP contribution >= 0.6 is 0 Å². The number of guanidine groups is 1. The van der Waals surface area contributed by atoms with Gasteiger partial charge in [-0.05, 0) is 42.0 Å². The SMILES string of the molecule is CC(C)[C@H](NC(=O)[C@@H](NC(=O)N[C@H](Cc1ccc(O)cc1)C(=O)O)[C@@H]1CCN=C(N)N1)C(=O)N[C@H](CO)Cc1ccccc1. The van der Waals surface area contributed by atoms with Crippen molar-refractivity contribution in [2.24, 2.45) is 16.6 Å². The first-order valence-electron chi connectivity index (χ1n) is 14.4. The van der Waals surface area contributed by atoms with Crippen molar-refractivity contribution in [1.29, 1.82) is 0 Å². The third-order valence-electron chi connectivity index (χ3n) is 7.15. The largest absolute Gasteiger partial charge is 0.508 e. The number of hydrogen-bond donors (Lipinski definition) is 9. The number of nitrogens with zero attached hydrogens (tertiary/aromatic N) is 1. The average molecular weight is 612 g/mol. The molecular formula is C30H41N7O7. The summed E-state index contributed by atoms with van der Waals surface area (Å²) >= 11 is 0. The van der Waals surface area contributed by atoms with E-state index in [4.69, 9.17) is 5.73 Å². The van der Waals surface area contributed by atoms with Gasteiger partial charge in [-0.2, -0.15) is 0 Å². The predicted octanol–water partition coefficient (Wildman–Crippen LogP) is -0.407. The van der Waals surface area contributed by atoms with E-state index in [-0.39, 0.29) is 37.2 Å². The molecule has 0 aromatic heterocycles. The standard InChI is InChI=1S/C30H41N7O7/c1-17(2)24(26(40)33-20(16-38)14-18-6-4-3-5-7-18)36-27(41)25(22-12-13-32-29(31)34-22)37-30(44)35-23(28(42)43)15-19-8-10-21(39)11-9-19/h3-11,17,20,22-25,38-39H,12-16H2,1-2H3,(H,33,40)(H,36,41)(H,42,43)(H3,31,32,34)(H2,35,37,44)/t20-,22-,23+,24-,25-/m0/s1. The molecule has 14 nitrogen and oxygen atoms in total. The number of urea groups is 1. The second-order valence-electron chi connectivity index (χ2n) is 11.0. The van der Waals surface area contributed by atoms with Crippen LogP contribution in [0.3, 0.4) is 0 Å². The van der Waals surface area contributed by atoms with E-state index in [2.05, 4.69) is 31.6 Å². The van der Waals surface area contributed by atoms with Gasteiger partial charge in [-0.15, -0.1) is 0 Å². The molecule has 0 radical (unpaired) electrons. The minimum Gasteiger partial charge on any atom is -0.508 e. The van der Waals surface area contributed by atoms with Crippen LogP contribution in [0.1, 0.15) is 31.4 Å². The molecule has 2 aromatic rings. The van der Waals surface area contributed by atoms with E-state index in [1.807, 2.05) is 30.3 Å². The van der Waals surface area contributed by atoms with Crippen LogP contribution in [0.5, 0.6) is 5.75 Å². The summed E-state index contributed by atoms with van der Waals surface area (Å²) in [6, 6.07) is 9.35. The van der Waals surface area contributed by atoms with Crippen molar-refractivity contribution in [3.63, 3.8) is 0 Å². The minimum atomic E-state index is -1.34. The first-order chi connectivity index (χ1) is 21.0. The van der Waals surface area contributed by atoms with Crippen LogP contribution in [-0.2, 0) is 27.2 Å². The number of carbonyl (C=O) groups excluding carboxylic acids is 3. The summed E-state index contributed by atoms with van der Waals surface area (Å²) in [6.07, 6.45) is 0.620. The fourth-order valence-corrected chi connectivity index (χ4v) is 4.77. The average Bonchev–Trinajstić information content (AvgIpc) is 2.99. The highest BCUT2D eigenvalue weighted by Crippen LogP contribution is 2.13. The van der Waals surface area contributed by atoms with Gasteiger partial charge in [0.15, 0.2) is 5.96 Å². The van der Waals surface area contributed by atoms with Crippen LogP contribution < -0.4 is 32.3 Å². The third kappa shape index (κ3) is 10.2. The fraction of sp³-hybridized carbons (Fsp3) is 0.433. The second-order valence-corrected chi connectivity index (χ2v) is 11.0. The van der Waals surface area contributed by atoms with Crippen LogP contribution in [0, 0.1) is 5.92 Å². The van der Waals surface area contributed by atoms with Crippen molar-refractivity contribution < 1.29 is 34.5 Å². The van der Waals surface area contributed by atoms with Gasteiger partial charge in [0.25, 0.3) is 0 Å². The smallest absolute Gasteiger partial charge is 0.326 e. The van der Waals surface area contributed by atoms with E-state index in [9.17, 15) is 34.5 Å². The van der Waals surface area contributed by atoms with Crippen molar-refractivity contribution in [1.82, 2.24) is 26.6 Å². The van der Waals surface area contributed by atoms with Crippen molar-refractivity contribution in [2.45, 2.75) is 63.3 Å². The summed E-state index contributed by atoms with van der Waals surface area (Å²) in [5.41, 5.74) is 7.31. The number of carbonyl (C=O) groups is 4. The normalized spacial score (nSPS) is 17.2. The molecule has 238 valence electrons. The maximum Gasteiger partial charge on any atom is 0.326 e. The highest BCUT2D eigenvalue weighted by atomic mass is 16.4. The van der Waals surface area contributed by atoms with Crippen LogP contribution in [0.4, 0.5) is 4.79 Å². The molecule has 1 heterocycles. The Bertz CT molecular complexity index is 1300. The molecule has 5 atom stereocenters. The molecule has 2 aromatic carbocycles. The lowest BCUT2D eigenvalue weighted by Crippen LogP contribution is -2.65. The topological polar surface area (TPSA) is 228 Å². The van der Waals surface area contributed by atoms with Crippen molar-refractivity contribution in [3.8, 4) is 5.75 Å². The van der Waals surface area contributed by atoms with Gasteiger partial charge in [0, 0.05) is 13.0 Å². The molecule has 44 heavy (non-hydrogen) atoms. The zero-order valence-electron chi connectivity index (χ0n) is 24.7. The van der Waals surface area contributed by atoms with Gasteiger partial charge in [0.05, 0.1) is 18.7 Å². The van der Waals surface area contributed by atoms with Crippen LogP contribution in [0.2, 0.25) is 0 Å². The number of aliphatic hydroxyl groups is 1. The second kappa shape index (κ2) is 16.1. The van der Waals surface area contributed by atoms with Crippen LogP contribution in [-0.4, -0.2) is 88.5 Å². The Kier molecular flexibility index (Phi) is 12.3. The minimum absolute atomic E-state index is 0.0134. The number of aliphatic carboxylic acids is 1. The van der Waals surface area contributed by atoms with E-state index >= 15 is 0 Å². The summed E-state index contributed by atoms with van der Waals surface area (Å²) in [7, 11) is 0. The monoisotopic (exact) mass is 611 g/mol. The molecule has 14 heteroatoms. The van der Waals surface area contributed by atoms with Gasteiger partial charge < -0.3 is 47.6 Å². The van der Waals surface area contributed by atoms with Gasteiger partial charge >= 0.3 is 12.0 Å². The molecular weight excluding hydrogens is 570 g/mol. The lowest BCUT2D eigenvalue weighted by atomic mass is 9.98. The summed E-state index contributed by atoms with van der Waals surface area (Å²) in [5.74, 6) is -2.79. The van der Waals surface area contributed by atoms with E-state index < -0.39 is 54.0 Å². The van der Waals surface area contributed by atoms with Crippen molar-refractivity contribution in [3.05, 3.63) is 65.7 Å². The molecule has 0 fully saturated rings. The molecule has 0 saturated heterocycles. The van der Waals surface area contributed by atoms with Crippen LogP contribution in [0.15, 0.2) is 59.6 Å². The van der Waals surface area contributed by atoms with Gasteiger partial charge in [-0.25, -0.2) is 9.59 Å².